The van der Waals surface area contributed by atoms with E-state index in [-0.39, 0.29) is 0 Å². The van der Waals surface area contributed by atoms with Gasteiger partial charge in [0.15, 0.2) is 0 Å². The Hall–Kier alpha value is 1.46. The highest BCUT2D eigenvalue weighted by molar-refractivity contribution is 14.1. The molecule has 0 nitrogen and oxygen atoms in total. The molecule has 0 amide bonds. The van der Waals surface area contributed by atoms with Gasteiger partial charge in [-0.25, -0.2) is 0 Å². The molecule has 0 aromatic heterocycles. The van der Waals surface area contributed by atoms with Gasteiger partial charge >= 0.3 is 0 Å². The van der Waals surface area contributed by atoms with Crippen LogP contribution in [0.1, 0.15) is 34.6 Å². The molecular weight excluding hydrogens is 362 g/mol. The first-order valence-corrected chi connectivity index (χ1v) is 6.57. The molecule has 2 unspecified atom stereocenters. The van der Waals surface area contributed by atoms with Crippen LogP contribution in [0.25, 0.3) is 0 Å². The summed E-state index contributed by atoms with van der Waals surface area (Å²) in [6, 6.07) is 0. The van der Waals surface area contributed by atoms with Crippen LogP contribution in [-0.2, 0) is 0 Å². The Morgan fingerprint density at radius 3 is 1.45 bits per heavy atom. The predicted octanol–water partition coefficient (Wildman–Crippen LogP) is 4.30. The largest absolute Gasteiger partial charge is 0.0823 e. The van der Waals surface area contributed by atoms with Crippen LogP contribution in [0.4, 0.5) is 0 Å². The standard InChI is InChI=1S/C9H18I2/c1-6(2)8(11)9(4,5)7(3)10/h6-8H,1-5H3. The number of halogens is 2. The van der Waals surface area contributed by atoms with Crippen molar-refractivity contribution in [1.82, 2.24) is 0 Å². The van der Waals surface area contributed by atoms with Crippen molar-refractivity contribution in [2.45, 2.75) is 42.5 Å². The highest BCUT2D eigenvalue weighted by Gasteiger charge is 2.33. The van der Waals surface area contributed by atoms with Gasteiger partial charge in [0.25, 0.3) is 0 Å². The molecule has 0 fully saturated rings. The summed E-state index contributed by atoms with van der Waals surface area (Å²) in [7, 11) is 0. The van der Waals surface area contributed by atoms with Gasteiger partial charge in [-0.05, 0) is 11.3 Å². The molecule has 0 radical (unpaired) electrons. The molecule has 0 aromatic carbocycles. The number of hydrogen-bond donors (Lipinski definition) is 0. The predicted molar refractivity (Wildman–Crippen MR) is 69.9 cm³/mol. The zero-order chi connectivity index (χ0) is 9.23. The Morgan fingerprint density at radius 2 is 1.36 bits per heavy atom. The fourth-order valence-corrected chi connectivity index (χ4v) is 2.69. The molecule has 11 heavy (non-hydrogen) atoms. The third-order valence-electron chi connectivity index (χ3n) is 2.32. The van der Waals surface area contributed by atoms with Crippen LogP contribution < -0.4 is 0 Å². The smallest absolute Gasteiger partial charge is 0.0194 e. The highest BCUT2D eigenvalue weighted by Crippen LogP contribution is 2.39. The lowest BCUT2D eigenvalue weighted by Gasteiger charge is -2.35. The zero-order valence-electron chi connectivity index (χ0n) is 7.99. The molecule has 0 rings (SSSR count). The van der Waals surface area contributed by atoms with Gasteiger partial charge in [-0.3, -0.25) is 0 Å². The second-order valence-electron chi connectivity index (χ2n) is 4.08. The third kappa shape index (κ3) is 3.36. The summed E-state index contributed by atoms with van der Waals surface area (Å²) >= 11 is 5.11. The van der Waals surface area contributed by atoms with Crippen molar-refractivity contribution in [2.24, 2.45) is 11.3 Å². The van der Waals surface area contributed by atoms with Crippen LogP contribution in [0.3, 0.4) is 0 Å². The summed E-state index contributed by atoms with van der Waals surface area (Å²) in [6.07, 6.45) is 0. The van der Waals surface area contributed by atoms with E-state index in [0.29, 0.717) is 5.41 Å². The fourth-order valence-electron chi connectivity index (χ4n) is 1.08. The number of rotatable bonds is 3. The van der Waals surface area contributed by atoms with Gasteiger partial charge in [-0.1, -0.05) is 79.8 Å². The Bertz CT molecular complexity index is 117. The number of hydrogen-bond acceptors (Lipinski definition) is 0. The molecule has 0 saturated carbocycles. The van der Waals surface area contributed by atoms with E-state index in [2.05, 4.69) is 79.8 Å². The van der Waals surface area contributed by atoms with E-state index in [1.54, 1.807) is 0 Å². The summed E-state index contributed by atoms with van der Waals surface area (Å²) in [5, 5.41) is 0. The molecule has 0 saturated heterocycles. The fraction of sp³-hybridized carbons (Fsp3) is 1.00. The van der Waals surface area contributed by atoms with Gasteiger partial charge < -0.3 is 0 Å². The molecule has 0 bridgehead atoms. The quantitative estimate of drug-likeness (QED) is 0.506. The maximum atomic E-state index is 2.58. The van der Waals surface area contributed by atoms with Gasteiger partial charge in [0.05, 0.1) is 0 Å². The zero-order valence-corrected chi connectivity index (χ0v) is 12.3. The summed E-state index contributed by atoms with van der Waals surface area (Å²) in [6.45, 7) is 11.6. The SMILES string of the molecule is CC(C)C(I)C(C)(C)C(C)I. The minimum atomic E-state index is 0.454. The van der Waals surface area contributed by atoms with Crippen LogP contribution in [0, 0.1) is 11.3 Å². The molecule has 2 atom stereocenters. The molecule has 0 N–H and O–H groups in total. The first kappa shape index (κ1) is 12.5. The van der Waals surface area contributed by atoms with Gasteiger partial charge in [0.2, 0.25) is 0 Å². The average molecular weight is 380 g/mol. The van der Waals surface area contributed by atoms with E-state index in [1.165, 1.54) is 0 Å². The van der Waals surface area contributed by atoms with Crippen molar-refractivity contribution in [2.75, 3.05) is 0 Å². The van der Waals surface area contributed by atoms with E-state index in [9.17, 15) is 0 Å². The Kier molecular flexibility index (Phi) is 5.24. The van der Waals surface area contributed by atoms with Crippen molar-refractivity contribution in [3.63, 3.8) is 0 Å². The van der Waals surface area contributed by atoms with Crippen molar-refractivity contribution >= 4 is 45.2 Å². The van der Waals surface area contributed by atoms with Gasteiger partial charge in [0, 0.05) is 7.85 Å². The minimum Gasteiger partial charge on any atom is -0.0823 e. The van der Waals surface area contributed by atoms with Crippen molar-refractivity contribution < 1.29 is 0 Å². The van der Waals surface area contributed by atoms with Gasteiger partial charge in [-0.2, -0.15) is 0 Å². The average Bonchev–Trinajstić information content (AvgIpc) is 1.85. The van der Waals surface area contributed by atoms with E-state index in [4.69, 9.17) is 0 Å². The molecule has 0 aliphatic rings. The highest BCUT2D eigenvalue weighted by atomic mass is 127. The van der Waals surface area contributed by atoms with E-state index >= 15 is 0 Å². The maximum Gasteiger partial charge on any atom is 0.0194 e. The van der Waals surface area contributed by atoms with E-state index < -0.39 is 0 Å². The Balaban J connectivity index is 4.29. The van der Waals surface area contributed by atoms with Gasteiger partial charge in [0.1, 0.15) is 0 Å². The van der Waals surface area contributed by atoms with Crippen LogP contribution in [0.2, 0.25) is 0 Å². The molecular formula is C9H18I2. The van der Waals surface area contributed by atoms with Crippen LogP contribution in [0.5, 0.6) is 0 Å². The van der Waals surface area contributed by atoms with Gasteiger partial charge in [-0.15, -0.1) is 0 Å². The summed E-state index contributed by atoms with van der Waals surface area (Å²) in [4.78, 5) is 0. The molecule has 0 heterocycles. The second kappa shape index (κ2) is 4.63. The first-order valence-electron chi connectivity index (χ1n) is 4.08. The molecule has 0 aliphatic carbocycles. The Labute approximate surface area is 98.2 Å². The first-order chi connectivity index (χ1) is 4.80. The van der Waals surface area contributed by atoms with Crippen molar-refractivity contribution in [3.8, 4) is 0 Å². The molecule has 0 aliphatic heterocycles. The van der Waals surface area contributed by atoms with Crippen LogP contribution >= 0.6 is 45.2 Å². The molecule has 2 heteroatoms. The maximum absolute atomic E-state index is 2.58. The van der Waals surface area contributed by atoms with E-state index in [1.807, 2.05) is 0 Å². The topological polar surface area (TPSA) is 0 Å². The summed E-state index contributed by atoms with van der Waals surface area (Å²) in [5.41, 5.74) is 0.454. The normalized spacial score (nSPS) is 18.5. The molecule has 0 spiro atoms. The van der Waals surface area contributed by atoms with E-state index in [0.717, 1.165) is 13.8 Å². The number of alkyl halides is 2. The van der Waals surface area contributed by atoms with Crippen molar-refractivity contribution in [3.05, 3.63) is 0 Å². The molecule has 0 aromatic rings. The lowest BCUT2D eigenvalue weighted by Crippen LogP contribution is -2.35. The monoisotopic (exact) mass is 380 g/mol. The van der Waals surface area contributed by atoms with Crippen LogP contribution in [-0.4, -0.2) is 7.85 Å². The lowest BCUT2D eigenvalue weighted by atomic mass is 9.82. The third-order valence-corrected chi connectivity index (χ3v) is 6.97. The van der Waals surface area contributed by atoms with Crippen molar-refractivity contribution in [1.29, 1.82) is 0 Å². The Morgan fingerprint density at radius 1 is 1.00 bits per heavy atom. The van der Waals surface area contributed by atoms with Crippen LogP contribution in [0.15, 0.2) is 0 Å². The molecule has 68 valence electrons. The summed E-state index contributed by atoms with van der Waals surface area (Å²) < 4.78 is 1.51. The summed E-state index contributed by atoms with van der Waals surface area (Å²) in [5.74, 6) is 0.780. The lowest BCUT2D eigenvalue weighted by molar-refractivity contribution is 0.321. The second-order valence-corrected chi connectivity index (χ2v) is 7.29. The minimum absolute atomic E-state index is 0.454.